The van der Waals surface area contributed by atoms with E-state index in [-0.39, 0.29) is 0 Å². The van der Waals surface area contributed by atoms with Crippen LogP contribution in [0.3, 0.4) is 0 Å². The fraction of sp³-hybridized carbons (Fsp3) is 0.273. The third kappa shape index (κ3) is 2.33. The van der Waals surface area contributed by atoms with Gasteiger partial charge in [0, 0.05) is 0 Å². The van der Waals surface area contributed by atoms with E-state index in [2.05, 4.69) is 0 Å². The van der Waals surface area contributed by atoms with Crippen molar-refractivity contribution in [3.05, 3.63) is 35.9 Å². The van der Waals surface area contributed by atoms with Crippen molar-refractivity contribution < 1.29 is 9.53 Å². The summed E-state index contributed by atoms with van der Waals surface area (Å²) >= 11 is 0. The molecule has 1 atom stereocenters. The molecule has 14 heavy (non-hydrogen) atoms. The van der Waals surface area contributed by atoms with E-state index in [1.165, 1.54) is 0 Å². The van der Waals surface area contributed by atoms with Gasteiger partial charge in [-0.15, -0.1) is 0 Å². The summed E-state index contributed by atoms with van der Waals surface area (Å²) in [6.07, 6.45) is 0. The molecular formula is C11H11NO2. The first-order valence-corrected chi connectivity index (χ1v) is 4.40. The van der Waals surface area contributed by atoms with Crippen LogP contribution in [0.4, 0.5) is 0 Å². The minimum Gasteiger partial charge on any atom is -0.465 e. The van der Waals surface area contributed by atoms with Crippen LogP contribution in [-0.4, -0.2) is 12.6 Å². The highest BCUT2D eigenvalue weighted by molar-refractivity contribution is 5.81. The van der Waals surface area contributed by atoms with Gasteiger partial charge in [-0.1, -0.05) is 30.3 Å². The van der Waals surface area contributed by atoms with Crippen LogP contribution in [0, 0.1) is 11.3 Å². The van der Waals surface area contributed by atoms with Gasteiger partial charge in [0.15, 0.2) is 5.92 Å². The van der Waals surface area contributed by atoms with Crippen LogP contribution >= 0.6 is 0 Å². The molecule has 0 aliphatic rings. The van der Waals surface area contributed by atoms with E-state index in [9.17, 15) is 4.79 Å². The van der Waals surface area contributed by atoms with Crippen molar-refractivity contribution >= 4 is 5.97 Å². The van der Waals surface area contributed by atoms with Gasteiger partial charge in [-0.25, -0.2) is 0 Å². The first-order valence-electron chi connectivity index (χ1n) is 4.40. The van der Waals surface area contributed by atoms with Crippen molar-refractivity contribution in [3.8, 4) is 6.07 Å². The minimum absolute atomic E-state index is 0.295. The largest absolute Gasteiger partial charge is 0.465 e. The minimum atomic E-state index is -0.809. The Hall–Kier alpha value is -1.82. The molecule has 1 aromatic rings. The molecule has 0 aromatic heterocycles. The van der Waals surface area contributed by atoms with E-state index in [4.69, 9.17) is 10.00 Å². The molecule has 0 radical (unpaired) electrons. The van der Waals surface area contributed by atoms with Gasteiger partial charge in [0.05, 0.1) is 12.7 Å². The molecule has 0 aliphatic carbocycles. The predicted molar refractivity (Wildman–Crippen MR) is 51.4 cm³/mol. The summed E-state index contributed by atoms with van der Waals surface area (Å²) in [4.78, 5) is 11.3. The molecule has 0 N–H and O–H groups in total. The summed E-state index contributed by atoms with van der Waals surface area (Å²) in [5.74, 6) is -1.29. The van der Waals surface area contributed by atoms with Crippen LogP contribution in [0.15, 0.2) is 30.3 Å². The van der Waals surface area contributed by atoms with E-state index in [1.54, 1.807) is 31.2 Å². The summed E-state index contributed by atoms with van der Waals surface area (Å²) in [5.41, 5.74) is 0.674. The van der Waals surface area contributed by atoms with Crippen LogP contribution < -0.4 is 0 Å². The normalized spacial score (nSPS) is 11.4. The van der Waals surface area contributed by atoms with Crippen LogP contribution in [0.25, 0.3) is 0 Å². The molecule has 0 saturated heterocycles. The SMILES string of the molecule is CCOC(=O)C(C#N)c1ccccc1. The van der Waals surface area contributed by atoms with Gasteiger partial charge in [0.1, 0.15) is 0 Å². The van der Waals surface area contributed by atoms with E-state index in [1.807, 2.05) is 12.1 Å². The highest BCUT2D eigenvalue weighted by Crippen LogP contribution is 2.15. The Labute approximate surface area is 82.9 Å². The zero-order valence-corrected chi connectivity index (χ0v) is 7.93. The molecule has 0 heterocycles. The lowest BCUT2D eigenvalue weighted by Crippen LogP contribution is -2.14. The van der Waals surface area contributed by atoms with Crippen molar-refractivity contribution in [2.45, 2.75) is 12.8 Å². The van der Waals surface area contributed by atoms with Gasteiger partial charge in [0.25, 0.3) is 0 Å². The standard InChI is InChI=1S/C11H11NO2/c1-2-14-11(13)10(8-12)9-6-4-3-5-7-9/h3-7,10H,2H2,1H3. The number of benzene rings is 1. The summed E-state index contributed by atoms with van der Waals surface area (Å²) < 4.78 is 4.79. The first kappa shape index (κ1) is 10.3. The fourth-order valence-corrected chi connectivity index (χ4v) is 1.13. The van der Waals surface area contributed by atoms with E-state index < -0.39 is 11.9 Å². The Kier molecular flexibility index (Phi) is 3.69. The number of carbonyl (C=O) groups is 1. The molecule has 0 bridgehead atoms. The lowest BCUT2D eigenvalue weighted by atomic mass is 10.0. The van der Waals surface area contributed by atoms with Crippen LogP contribution in [-0.2, 0) is 9.53 Å². The molecule has 0 spiro atoms. The Morgan fingerprint density at radius 1 is 1.50 bits per heavy atom. The molecule has 1 aromatic carbocycles. The second-order valence-electron chi connectivity index (χ2n) is 2.72. The molecular weight excluding hydrogens is 178 g/mol. The maximum Gasteiger partial charge on any atom is 0.327 e. The van der Waals surface area contributed by atoms with Gasteiger partial charge in [-0.3, -0.25) is 4.79 Å². The zero-order chi connectivity index (χ0) is 10.4. The Morgan fingerprint density at radius 2 is 2.14 bits per heavy atom. The van der Waals surface area contributed by atoms with Crippen LogP contribution in [0.5, 0.6) is 0 Å². The van der Waals surface area contributed by atoms with Crippen molar-refractivity contribution in [3.63, 3.8) is 0 Å². The van der Waals surface area contributed by atoms with Crippen molar-refractivity contribution in [2.75, 3.05) is 6.61 Å². The number of nitriles is 1. The third-order valence-corrected chi connectivity index (χ3v) is 1.78. The number of nitrogens with zero attached hydrogens (tertiary/aromatic N) is 1. The molecule has 3 heteroatoms. The van der Waals surface area contributed by atoms with Gasteiger partial charge < -0.3 is 4.74 Å². The molecule has 0 amide bonds. The molecule has 0 fully saturated rings. The van der Waals surface area contributed by atoms with Crippen molar-refractivity contribution in [2.24, 2.45) is 0 Å². The van der Waals surface area contributed by atoms with Crippen molar-refractivity contribution in [1.82, 2.24) is 0 Å². The van der Waals surface area contributed by atoms with Gasteiger partial charge in [-0.05, 0) is 12.5 Å². The molecule has 1 unspecified atom stereocenters. The quantitative estimate of drug-likeness (QED) is 0.682. The van der Waals surface area contributed by atoms with E-state index in [0.29, 0.717) is 12.2 Å². The van der Waals surface area contributed by atoms with E-state index >= 15 is 0 Å². The number of hydrogen-bond acceptors (Lipinski definition) is 3. The van der Waals surface area contributed by atoms with E-state index in [0.717, 1.165) is 0 Å². The maximum atomic E-state index is 11.3. The predicted octanol–water partition coefficient (Wildman–Crippen LogP) is 1.86. The molecule has 1 rings (SSSR count). The Bertz CT molecular complexity index is 340. The molecule has 0 saturated carbocycles. The highest BCUT2D eigenvalue weighted by Gasteiger charge is 2.20. The Balaban J connectivity index is 2.84. The summed E-state index contributed by atoms with van der Waals surface area (Å²) in [6.45, 7) is 2.02. The van der Waals surface area contributed by atoms with Gasteiger partial charge in [-0.2, -0.15) is 5.26 Å². The summed E-state index contributed by atoms with van der Waals surface area (Å²) in [6, 6.07) is 10.8. The van der Waals surface area contributed by atoms with Gasteiger partial charge >= 0.3 is 5.97 Å². The zero-order valence-electron chi connectivity index (χ0n) is 7.93. The average molecular weight is 189 g/mol. The monoisotopic (exact) mass is 189 g/mol. The van der Waals surface area contributed by atoms with Crippen LogP contribution in [0.1, 0.15) is 18.4 Å². The smallest absolute Gasteiger partial charge is 0.327 e. The van der Waals surface area contributed by atoms with Crippen molar-refractivity contribution in [1.29, 1.82) is 5.26 Å². The number of ether oxygens (including phenoxy) is 1. The second-order valence-corrected chi connectivity index (χ2v) is 2.72. The Morgan fingerprint density at radius 3 is 2.64 bits per heavy atom. The topological polar surface area (TPSA) is 50.1 Å². The number of esters is 1. The third-order valence-electron chi connectivity index (χ3n) is 1.78. The maximum absolute atomic E-state index is 11.3. The summed E-state index contributed by atoms with van der Waals surface area (Å²) in [5, 5.41) is 8.83. The summed E-state index contributed by atoms with van der Waals surface area (Å²) in [7, 11) is 0. The fourth-order valence-electron chi connectivity index (χ4n) is 1.13. The number of hydrogen-bond donors (Lipinski definition) is 0. The number of rotatable bonds is 3. The first-order chi connectivity index (χ1) is 6.79. The molecule has 3 nitrogen and oxygen atoms in total. The average Bonchev–Trinajstić information content (AvgIpc) is 2.21. The number of carbonyl (C=O) groups excluding carboxylic acids is 1. The van der Waals surface area contributed by atoms with Gasteiger partial charge in [0.2, 0.25) is 0 Å². The lowest BCUT2D eigenvalue weighted by molar-refractivity contribution is -0.143. The lowest BCUT2D eigenvalue weighted by Gasteiger charge is -2.07. The highest BCUT2D eigenvalue weighted by atomic mass is 16.5. The molecule has 0 aliphatic heterocycles. The van der Waals surface area contributed by atoms with Crippen LogP contribution in [0.2, 0.25) is 0 Å². The molecule has 72 valence electrons. The second kappa shape index (κ2) is 5.03.